The van der Waals surface area contributed by atoms with Crippen LogP contribution in [0.25, 0.3) is 11.1 Å². The summed E-state index contributed by atoms with van der Waals surface area (Å²) in [5.74, 6) is -0.352. The lowest BCUT2D eigenvalue weighted by Crippen LogP contribution is -1.94. The first-order chi connectivity index (χ1) is 9.13. The molecule has 1 heterocycles. The molecule has 5 heteroatoms. The zero-order valence-corrected chi connectivity index (χ0v) is 10.3. The van der Waals surface area contributed by atoms with E-state index in [2.05, 4.69) is 10.3 Å². The van der Waals surface area contributed by atoms with Gasteiger partial charge in [-0.3, -0.25) is 0 Å². The highest BCUT2D eigenvalue weighted by Crippen LogP contribution is 2.26. The fourth-order valence-corrected chi connectivity index (χ4v) is 1.86. The molecule has 0 aliphatic rings. The zero-order chi connectivity index (χ0) is 13.4. The minimum Gasteiger partial charge on any atom is -0.423 e. The number of nitrogen functional groups attached to an aromatic ring is 1. The van der Waals surface area contributed by atoms with Crippen molar-refractivity contribution >= 4 is 28.5 Å². The van der Waals surface area contributed by atoms with Gasteiger partial charge < -0.3 is 15.5 Å². The number of nitrogens with one attached hydrogen (secondary N) is 1. The third kappa shape index (κ3) is 2.10. The van der Waals surface area contributed by atoms with Crippen LogP contribution in [-0.2, 0) is 0 Å². The average molecular weight is 257 g/mol. The molecule has 0 bridgehead atoms. The molecular formula is C14H12FN3O. The molecule has 2 aromatic carbocycles. The molecule has 3 aromatic rings. The van der Waals surface area contributed by atoms with Crippen molar-refractivity contribution in [2.45, 2.75) is 6.92 Å². The molecule has 3 N–H and O–H groups in total. The lowest BCUT2D eigenvalue weighted by atomic mass is 10.2. The maximum Gasteiger partial charge on any atom is 0.300 e. The molecule has 0 saturated heterocycles. The van der Waals surface area contributed by atoms with Crippen LogP contribution >= 0.6 is 0 Å². The number of aryl methyl sites for hydroxylation is 1. The fourth-order valence-electron chi connectivity index (χ4n) is 1.86. The van der Waals surface area contributed by atoms with Gasteiger partial charge in [-0.25, -0.2) is 4.39 Å². The number of nitrogens with two attached hydrogens (primary N) is 1. The molecular weight excluding hydrogens is 245 g/mol. The highest BCUT2D eigenvalue weighted by Gasteiger charge is 2.10. The Labute approximate surface area is 109 Å². The topological polar surface area (TPSA) is 64.1 Å². The summed E-state index contributed by atoms with van der Waals surface area (Å²) in [5, 5.41) is 2.81. The van der Waals surface area contributed by atoms with Crippen molar-refractivity contribution in [2.75, 3.05) is 11.1 Å². The van der Waals surface area contributed by atoms with Gasteiger partial charge in [0, 0.05) is 0 Å². The number of benzene rings is 2. The first-order valence-electron chi connectivity index (χ1n) is 5.82. The standard InChI is InChI=1S/C14H12FN3O/c1-8-5-6-11(9(15)7-8)17-14-18-13-10(16)3-2-4-12(13)19-14/h2-7H,16H2,1H3,(H,17,18). The molecule has 1 aromatic heterocycles. The largest absolute Gasteiger partial charge is 0.423 e. The second kappa shape index (κ2) is 4.28. The van der Waals surface area contributed by atoms with Gasteiger partial charge in [0.2, 0.25) is 0 Å². The lowest BCUT2D eigenvalue weighted by molar-refractivity contribution is 0.611. The number of oxazole rings is 1. The van der Waals surface area contributed by atoms with Crippen molar-refractivity contribution in [3.05, 3.63) is 47.8 Å². The summed E-state index contributed by atoms with van der Waals surface area (Å²) in [7, 11) is 0. The summed E-state index contributed by atoms with van der Waals surface area (Å²) in [5.41, 5.74) is 8.61. The van der Waals surface area contributed by atoms with Crippen molar-refractivity contribution in [2.24, 2.45) is 0 Å². The van der Waals surface area contributed by atoms with Crippen molar-refractivity contribution in [1.29, 1.82) is 0 Å². The predicted molar refractivity (Wildman–Crippen MR) is 72.8 cm³/mol. The van der Waals surface area contributed by atoms with E-state index in [1.54, 1.807) is 24.3 Å². The molecule has 4 nitrogen and oxygen atoms in total. The first kappa shape index (κ1) is 11.5. The minimum absolute atomic E-state index is 0.218. The SMILES string of the molecule is Cc1ccc(Nc2nc3c(N)cccc3o2)c(F)c1. The number of anilines is 3. The summed E-state index contributed by atoms with van der Waals surface area (Å²) in [4.78, 5) is 4.20. The summed E-state index contributed by atoms with van der Waals surface area (Å²) >= 11 is 0. The van der Waals surface area contributed by atoms with Crippen molar-refractivity contribution in [3.8, 4) is 0 Å². The van der Waals surface area contributed by atoms with Crippen molar-refractivity contribution in [1.82, 2.24) is 4.98 Å². The van der Waals surface area contributed by atoms with Crippen LogP contribution in [0.1, 0.15) is 5.56 Å². The number of rotatable bonds is 2. The summed E-state index contributed by atoms with van der Waals surface area (Å²) < 4.78 is 19.2. The van der Waals surface area contributed by atoms with Gasteiger partial charge in [-0.1, -0.05) is 12.1 Å². The highest BCUT2D eigenvalue weighted by atomic mass is 19.1. The van der Waals surface area contributed by atoms with Crippen LogP contribution in [0.5, 0.6) is 0 Å². The third-order valence-corrected chi connectivity index (χ3v) is 2.82. The number of aromatic nitrogens is 1. The van der Waals surface area contributed by atoms with E-state index in [1.165, 1.54) is 6.07 Å². The fraction of sp³-hybridized carbons (Fsp3) is 0.0714. The molecule has 0 aliphatic carbocycles. The molecule has 0 amide bonds. The Bertz CT molecular complexity index is 752. The van der Waals surface area contributed by atoms with Crippen LogP contribution in [0.3, 0.4) is 0 Å². The summed E-state index contributed by atoms with van der Waals surface area (Å²) in [6.45, 7) is 1.83. The molecule has 0 radical (unpaired) electrons. The van der Waals surface area contributed by atoms with Crippen LogP contribution in [0.2, 0.25) is 0 Å². The Morgan fingerprint density at radius 3 is 2.84 bits per heavy atom. The Morgan fingerprint density at radius 2 is 2.11 bits per heavy atom. The van der Waals surface area contributed by atoms with Gasteiger partial charge in [0.1, 0.15) is 11.3 Å². The normalized spacial score (nSPS) is 10.8. The van der Waals surface area contributed by atoms with Gasteiger partial charge >= 0.3 is 0 Å². The van der Waals surface area contributed by atoms with E-state index < -0.39 is 0 Å². The predicted octanol–water partition coefficient (Wildman–Crippen LogP) is 3.60. The zero-order valence-electron chi connectivity index (χ0n) is 10.3. The molecule has 0 spiro atoms. The second-order valence-electron chi connectivity index (χ2n) is 4.32. The van der Waals surface area contributed by atoms with Gasteiger partial charge in [0.15, 0.2) is 5.58 Å². The minimum atomic E-state index is -0.352. The maximum atomic E-state index is 13.7. The molecule has 0 saturated carbocycles. The van der Waals surface area contributed by atoms with E-state index in [0.717, 1.165) is 5.56 Å². The van der Waals surface area contributed by atoms with Crippen LogP contribution in [0, 0.1) is 12.7 Å². The number of para-hydroxylation sites is 1. The van der Waals surface area contributed by atoms with Crippen molar-refractivity contribution in [3.63, 3.8) is 0 Å². The lowest BCUT2D eigenvalue weighted by Gasteiger charge is -2.03. The van der Waals surface area contributed by atoms with Gasteiger partial charge in [0.05, 0.1) is 11.4 Å². The van der Waals surface area contributed by atoms with E-state index >= 15 is 0 Å². The van der Waals surface area contributed by atoms with Crippen LogP contribution in [-0.4, -0.2) is 4.98 Å². The molecule has 0 unspecified atom stereocenters. The number of hydrogen-bond acceptors (Lipinski definition) is 4. The number of halogens is 1. The third-order valence-electron chi connectivity index (χ3n) is 2.82. The number of fused-ring (bicyclic) bond motifs is 1. The van der Waals surface area contributed by atoms with E-state index in [0.29, 0.717) is 22.5 Å². The smallest absolute Gasteiger partial charge is 0.300 e. The van der Waals surface area contributed by atoms with Gasteiger partial charge in [-0.2, -0.15) is 4.98 Å². The molecule has 0 atom stereocenters. The van der Waals surface area contributed by atoms with Gasteiger partial charge in [-0.15, -0.1) is 0 Å². The molecule has 19 heavy (non-hydrogen) atoms. The number of nitrogens with zero attached hydrogens (tertiary/aromatic N) is 1. The monoisotopic (exact) mass is 257 g/mol. The average Bonchev–Trinajstić information content (AvgIpc) is 2.77. The summed E-state index contributed by atoms with van der Waals surface area (Å²) in [6, 6.07) is 10.4. The number of hydrogen-bond donors (Lipinski definition) is 2. The molecule has 0 aliphatic heterocycles. The van der Waals surface area contributed by atoms with Crippen LogP contribution < -0.4 is 11.1 Å². The molecule has 3 rings (SSSR count). The van der Waals surface area contributed by atoms with Crippen LogP contribution in [0.4, 0.5) is 21.8 Å². The van der Waals surface area contributed by atoms with E-state index in [1.807, 2.05) is 13.0 Å². The first-order valence-corrected chi connectivity index (χ1v) is 5.82. The van der Waals surface area contributed by atoms with Gasteiger partial charge in [0.25, 0.3) is 6.01 Å². The highest BCUT2D eigenvalue weighted by molar-refractivity contribution is 5.86. The summed E-state index contributed by atoms with van der Waals surface area (Å²) in [6.07, 6.45) is 0. The van der Waals surface area contributed by atoms with E-state index in [4.69, 9.17) is 10.2 Å². The molecule has 96 valence electrons. The Balaban J connectivity index is 1.99. The van der Waals surface area contributed by atoms with Crippen molar-refractivity contribution < 1.29 is 8.81 Å². The Hall–Kier alpha value is -2.56. The Kier molecular flexibility index (Phi) is 2.59. The maximum absolute atomic E-state index is 13.7. The van der Waals surface area contributed by atoms with Gasteiger partial charge in [-0.05, 0) is 36.8 Å². The Morgan fingerprint density at radius 1 is 1.26 bits per heavy atom. The van der Waals surface area contributed by atoms with E-state index in [9.17, 15) is 4.39 Å². The van der Waals surface area contributed by atoms with Crippen LogP contribution in [0.15, 0.2) is 40.8 Å². The second-order valence-corrected chi connectivity index (χ2v) is 4.32. The quantitative estimate of drug-likeness (QED) is 0.688. The van der Waals surface area contributed by atoms with E-state index in [-0.39, 0.29) is 11.8 Å². The molecule has 0 fully saturated rings.